The van der Waals surface area contributed by atoms with Crippen LogP contribution in [-0.4, -0.2) is 26.3 Å². The average Bonchev–Trinajstić information content (AvgIpc) is 2.30. The van der Waals surface area contributed by atoms with Crippen LogP contribution < -0.4 is 5.32 Å². The number of nitrogens with one attached hydrogen (secondary N) is 1. The van der Waals surface area contributed by atoms with E-state index in [1.54, 1.807) is 7.11 Å². The molecular weight excluding hydrogens is 210 g/mol. The number of methoxy groups -OCH3 is 1. The summed E-state index contributed by atoms with van der Waals surface area (Å²) in [6, 6.07) is 11.1. The molecule has 2 heteroatoms. The molecule has 2 atom stereocenters. The van der Waals surface area contributed by atoms with Crippen molar-refractivity contribution >= 4 is 0 Å². The van der Waals surface area contributed by atoms with Gasteiger partial charge in [0.15, 0.2) is 0 Å². The maximum absolute atomic E-state index is 5.14. The molecule has 0 saturated heterocycles. The minimum Gasteiger partial charge on any atom is -0.383 e. The third kappa shape index (κ3) is 4.88. The van der Waals surface area contributed by atoms with Crippen molar-refractivity contribution < 1.29 is 4.74 Å². The first-order valence-electron chi connectivity index (χ1n) is 6.42. The lowest BCUT2D eigenvalue weighted by Crippen LogP contribution is -2.34. The Morgan fingerprint density at radius 3 is 2.29 bits per heavy atom. The van der Waals surface area contributed by atoms with Gasteiger partial charge in [0.25, 0.3) is 0 Å². The summed E-state index contributed by atoms with van der Waals surface area (Å²) < 4.78 is 5.14. The smallest absolute Gasteiger partial charge is 0.0613 e. The summed E-state index contributed by atoms with van der Waals surface area (Å²) in [7, 11) is 1.75. The van der Waals surface area contributed by atoms with Crippen LogP contribution in [0, 0.1) is 5.92 Å². The number of rotatable bonds is 7. The average molecular weight is 235 g/mol. The van der Waals surface area contributed by atoms with Crippen molar-refractivity contribution in [1.82, 2.24) is 5.32 Å². The number of ether oxygens (including phenoxy) is 1. The second-order valence-electron chi connectivity index (χ2n) is 5.03. The highest BCUT2D eigenvalue weighted by Gasteiger charge is 2.16. The van der Waals surface area contributed by atoms with Crippen molar-refractivity contribution in [3.05, 3.63) is 35.9 Å². The maximum Gasteiger partial charge on any atom is 0.0613 e. The molecule has 2 nitrogen and oxygen atoms in total. The molecule has 0 radical (unpaired) electrons. The van der Waals surface area contributed by atoms with Gasteiger partial charge in [-0.1, -0.05) is 44.2 Å². The van der Waals surface area contributed by atoms with Gasteiger partial charge in [-0.15, -0.1) is 0 Å². The van der Waals surface area contributed by atoms with E-state index < -0.39 is 0 Å². The lowest BCUT2D eigenvalue weighted by molar-refractivity contribution is 0.170. The van der Waals surface area contributed by atoms with E-state index in [9.17, 15) is 0 Å². The Morgan fingerprint density at radius 1 is 1.12 bits per heavy atom. The number of hydrogen-bond acceptors (Lipinski definition) is 2. The molecule has 0 saturated carbocycles. The lowest BCUT2D eigenvalue weighted by atomic mass is 9.88. The van der Waals surface area contributed by atoms with Crippen LogP contribution in [0.2, 0.25) is 0 Å². The van der Waals surface area contributed by atoms with E-state index in [0.29, 0.717) is 17.9 Å². The monoisotopic (exact) mass is 235 g/mol. The van der Waals surface area contributed by atoms with E-state index in [1.807, 2.05) is 0 Å². The number of hydrogen-bond donors (Lipinski definition) is 1. The quantitative estimate of drug-likeness (QED) is 0.784. The van der Waals surface area contributed by atoms with Gasteiger partial charge in [0.2, 0.25) is 0 Å². The normalized spacial score (nSPS) is 14.9. The zero-order chi connectivity index (χ0) is 12.7. The molecule has 0 amide bonds. The van der Waals surface area contributed by atoms with Gasteiger partial charge in [0.05, 0.1) is 6.61 Å². The Balaban J connectivity index is 2.56. The van der Waals surface area contributed by atoms with Crippen LogP contribution in [0.25, 0.3) is 0 Å². The van der Waals surface area contributed by atoms with Crippen molar-refractivity contribution in [2.45, 2.75) is 32.7 Å². The van der Waals surface area contributed by atoms with Crippen molar-refractivity contribution in [1.29, 1.82) is 0 Å². The van der Waals surface area contributed by atoms with E-state index in [4.69, 9.17) is 4.74 Å². The second-order valence-corrected chi connectivity index (χ2v) is 5.03. The third-order valence-corrected chi connectivity index (χ3v) is 3.14. The summed E-state index contributed by atoms with van der Waals surface area (Å²) in [5.41, 5.74) is 1.42. The summed E-state index contributed by atoms with van der Waals surface area (Å²) in [4.78, 5) is 0. The lowest BCUT2D eigenvalue weighted by Gasteiger charge is -2.24. The van der Waals surface area contributed by atoms with Crippen LogP contribution in [0.1, 0.15) is 32.3 Å². The minimum atomic E-state index is 0.407. The van der Waals surface area contributed by atoms with E-state index in [1.165, 1.54) is 5.56 Å². The fourth-order valence-electron chi connectivity index (χ4n) is 2.08. The predicted molar refractivity (Wildman–Crippen MR) is 73.4 cm³/mol. The first-order chi connectivity index (χ1) is 8.15. The van der Waals surface area contributed by atoms with Gasteiger partial charge >= 0.3 is 0 Å². The molecule has 1 aromatic carbocycles. The Morgan fingerprint density at radius 2 is 1.76 bits per heavy atom. The molecule has 1 aromatic rings. The Kier molecular flexibility index (Phi) is 6.23. The molecule has 1 rings (SSSR count). The van der Waals surface area contributed by atoms with Crippen molar-refractivity contribution in [3.63, 3.8) is 0 Å². The van der Waals surface area contributed by atoms with E-state index in [-0.39, 0.29) is 0 Å². The highest BCUT2D eigenvalue weighted by Crippen LogP contribution is 2.23. The van der Waals surface area contributed by atoms with Crippen molar-refractivity contribution in [2.75, 3.05) is 20.3 Å². The zero-order valence-corrected chi connectivity index (χ0v) is 11.4. The van der Waals surface area contributed by atoms with Crippen LogP contribution >= 0.6 is 0 Å². The Bertz CT molecular complexity index is 297. The third-order valence-electron chi connectivity index (χ3n) is 3.14. The van der Waals surface area contributed by atoms with E-state index >= 15 is 0 Å². The van der Waals surface area contributed by atoms with Gasteiger partial charge in [-0.05, 0) is 24.3 Å². The number of benzene rings is 1. The van der Waals surface area contributed by atoms with Crippen LogP contribution in [0.5, 0.6) is 0 Å². The first-order valence-corrected chi connectivity index (χ1v) is 6.42. The van der Waals surface area contributed by atoms with Gasteiger partial charge in [0.1, 0.15) is 0 Å². The Hall–Kier alpha value is -0.860. The van der Waals surface area contributed by atoms with Crippen molar-refractivity contribution in [2.24, 2.45) is 5.92 Å². The fraction of sp³-hybridized carbons (Fsp3) is 0.600. The highest BCUT2D eigenvalue weighted by molar-refractivity contribution is 5.20. The summed E-state index contributed by atoms with van der Waals surface area (Å²) in [5, 5.41) is 3.54. The second kappa shape index (κ2) is 7.46. The fourth-order valence-corrected chi connectivity index (χ4v) is 2.08. The molecule has 0 aliphatic rings. The molecule has 96 valence electrons. The molecule has 0 bridgehead atoms. The summed E-state index contributed by atoms with van der Waals surface area (Å²) in [6.07, 6.45) is 0. The molecule has 1 N–H and O–H groups in total. The van der Waals surface area contributed by atoms with E-state index in [0.717, 1.165) is 13.2 Å². The maximum atomic E-state index is 5.14. The molecule has 0 aromatic heterocycles. The summed E-state index contributed by atoms with van der Waals surface area (Å²) in [5.74, 6) is 1.20. The molecule has 0 spiro atoms. The minimum absolute atomic E-state index is 0.407. The molecule has 0 heterocycles. The first kappa shape index (κ1) is 14.2. The van der Waals surface area contributed by atoms with Gasteiger partial charge in [-0.3, -0.25) is 0 Å². The molecule has 0 aliphatic heterocycles. The van der Waals surface area contributed by atoms with Crippen LogP contribution in [0.3, 0.4) is 0 Å². The topological polar surface area (TPSA) is 21.3 Å². The SMILES string of the molecule is COCC(C)NCC(c1ccccc1)C(C)C. The van der Waals surface area contributed by atoms with Gasteiger partial charge in [-0.2, -0.15) is 0 Å². The zero-order valence-electron chi connectivity index (χ0n) is 11.4. The summed E-state index contributed by atoms with van der Waals surface area (Å²) in [6.45, 7) is 8.48. The van der Waals surface area contributed by atoms with Crippen LogP contribution in [0.4, 0.5) is 0 Å². The van der Waals surface area contributed by atoms with Crippen LogP contribution in [0.15, 0.2) is 30.3 Å². The van der Waals surface area contributed by atoms with Gasteiger partial charge in [-0.25, -0.2) is 0 Å². The summed E-state index contributed by atoms with van der Waals surface area (Å²) >= 11 is 0. The molecular formula is C15H25NO. The van der Waals surface area contributed by atoms with Crippen molar-refractivity contribution in [3.8, 4) is 0 Å². The molecule has 0 fully saturated rings. The van der Waals surface area contributed by atoms with E-state index in [2.05, 4.69) is 56.4 Å². The van der Waals surface area contributed by atoms with Crippen LogP contribution in [-0.2, 0) is 4.74 Å². The molecule has 17 heavy (non-hydrogen) atoms. The predicted octanol–water partition coefficient (Wildman–Crippen LogP) is 3.05. The van der Waals surface area contributed by atoms with Gasteiger partial charge in [0, 0.05) is 19.7 Å². The standard InChI is InChI=1S/C15H25NO/c1-12(2)15(10-16-13(3)11-17-4)14-8-6-5-7-9-14/h5-9,12-13,15-16H,10-11H2,1-4H3. The van der Waals surface area contributed by atoms with Gasteiger partial charge < -0.3 is 10.1 Å². The molecule has 2 unspecified atom stereocenters. The largest absolute Gasteiger partial charge is 0.383 e. The highest BCUT2D eigenvalue weighted by atomic mass is 16.5. The molecule has 0 aliphatic carbocycles. The Labute approximate surface area is 105 Å².